The number of hydrogen-bond acceptors (Lipinski definition) is 5. The summed E-state index contributed by atoms with van der Waals surface area (Å²) < 4.78 is 12.2. The van der Waals surface area contributed by atoms with E-state index >= 15 is 0 Å². The molecule has 0 saturated carbocycles. The van der Waals surface area contributed by atoms with Gasteiger partial charge in [-0.05, 0) is 61.8 Å². The molecule has 0 aliphatic rings. The van der Waals surface area contributed by atoms with E-state index in [1.807, 2.05) is 0 Å². The molecule has 0 saturated heterocycles. The Balaban J connectivity index is 2.59. The maximum Gasteiger partial charge on any atom is 0.419 e. The van der Waals surface area contributed by atoms with Crippen LogP contribution in [0, 0.1) is 0 Å². The first kappa shape index (κ1) is 16.5. The lowest BCUT2D eigenvalue weighted by molar-refractivity contribution is 0.0454. The zero-order valence-electron chi connectivity index (χ0n) is 12.8. The van der Waals surface area contributed by atoms with Crippen LogP contribution in [0.2, 0.25) is 0 Å². The van der Waals surface area contributed by atoms with Gasteiger partial charge in [-0.15, -0.1) is 0 Å². The molecule has 0 bridgehead atoms. The number of halogens is 1. The lowest BCUT2D eigenvalue weighted by Gasteiger charge is -2.20. The van der Waals surface area contributed by atoms with Gasteiger partial charge in [0, 0.05) is 0 Å². The number of rotatable bonds is 2. The third-order valence-corrected chi connectivity index (χ3v) is 3.13. The molecule has 0 fully saturated rings. The molecule has 0 aliphatic heterocycles. The minimum atomic E-state index is -0.678. The van der Waals surface area contributed by atoms with Crippen molar-refractivity contribution in [3.8, 4) is 0 Å². The SMILES string of the molecule is CCOC(=O)c1cc2nc(Br)ccc2n1C(=O)OC(C)(C)C. The Morgan fingerprint density at radius 2 is 2.00 bits per heavy atom. The Bertz CT molecular complexity index is 731. The first-order chi connectivity index (χ1) is 10.2. The Hall–Kier alpha value is -1.89. The summed E-state index contributed by atoms with van der Waals surface area (Å²) in [6, 6.07) is 4.90. The van der Waals surface area contributed by atoms with Gasteiger partial charge < -0.3 is 9.47 Å². The largest absolute Gasteiger partial charge is 0.461 e. The fraction of sp³-hybridized carbons (Fsp3) is 0.400. The van der Waals surface area contributed by atoms with Crippen molar-refractivity contribution in [3.63, 3.8) is 0 Å². The minimum Gasteiger partial charge on any atom is -0.461 e. The molecule has 0 N–H and O–H groups in total. The van der Waals surface area contributed by atoms with E-state index in [2.05, 4.69) is 20.9 Å². The van der Waals surface area contributed by atoms with Crippen LogP contribution in [0.15, 0.2) is 22.8 Å². The molecule has 2 rings (SSSR count). The first-order valence-electron chi connectivity index (χ1n) is 6.81. The number of nitrogens with zero attached hydrogens (tertiary/aromatic N) is 2. The van der Waals surface area contributed by atoms with Gasteiger partial charge in [-0.3, -0.25) is 0 Å². The summed E-state index contributed by atoms with van der Waals surface area (Å²) in [6.45, 7) is 7.19. The van der Waals surface area contributed by atoms with Crippen LogP contribution in [-0.4, -0.2) is 33.8 Å². The Labute approximate surface area is 136 Å². The molecule has 0 atom stereocenters. The highest BCUT2D eigenvalue weighted by molar-refractivity contribution is 9.10. The molecule has 0 aromatic carbocycles. The summed E-state index contributed by atoms with van der Waals surface area (Å²) in [5, 5.41) is 0. The van der Waals surface area contributed by atoms with Crippen molar-refractivity contribution >= 4 is 39.0 Å². The fourth-order valence-electron chi connectivity index (χ4n) is 1.92. The zero-order chi connectivity index (χ0) is 16.5. The average Bonchev–Trinajstić information content (AvgIpc) is 2.75. The Kier molecular flexibility index (Phi) is 4.55. The van der Waals surface area contributed by atoms with Crippen molar-refractivity contribution in [2.45, 2.75) is 33.3 Å². The molecule has 6 nitrogen and oxygen atoms in total. The van der Waals surface area contributed by atoms with Crippen LogP contribution < -0.4 is 0 Å². The van der Waals surface area contributed by atoms with Crippen molar-refractivity contribution < 1.29 is 19.1 Å². The van der Waals surface area contributed by atoms with Gasteiger partial charge in [0.1, 0.15) is 15.9 Å². The van der Waals surface area contributed by atoms with E-state index in [-0.39, 0.29) is 12.3 Å². The molecule has 22 heavy (non-hydrogen) atoms. The van der Waals surface area contributed by atoms with Gasteiger partial charge in [0.2, 0.25) is 0 Å². The van der Waals surface area contributed by atoms with Crippen molar-refractivity contribution in [1.82, 2.24) is 9.55 Å². The second-order valence-electron chi connectivity index (χ2n) is 5.60. The van der Waals surface area contributed by atoms with Gasteiger partial charge >= 0.3 is 12.1 Å². The number of esters is 1. The molecule has 2 heterocycles. The van der Waals surface area contributed by atoms with Gasteiger partial charge in [0.05, 0.1) is 17.6 Å². The van der Waals surface area contributed by atoms with E-state index in [4.69, 9.17) is 9.47 Å². The third kappa shape index (κ3) is 3.47. The summed E-state index contributed by atoms with van der Waals surface area (Å²) in [7, 11) is 0. The van der Waals surface area contributed by atoms with Crippen LogP contribution >= 0.6 is 15.9 Å². The molecule has 0 spiro atoms. The van der Waals surface area contributed by atoms with E-state index in [9.17, 15) is 9.59 Å². The van der Waals surface area contributed by atoms with Crippen molar-refractivity contribution in [2.75, 3.05) is 6.61 Å². The average molecular weight is 369 g/mol. The normalized spacial score (nSPS) is 11.5. The number of aromatic nitrogens is 2. The minimum absolute atomic E-state index is 0.0942. The number of ether oxygens (including phenoxy) is 2. The highest BCUT2D eigenvalue weighted by Crippen LogP contribution is 2.23. The van der Waals surface area contributed by atoms with Crippen LogP contribution in [0.25, 0.3) is 11.0 Å². The van der Waals surface area contributed by atoms with Crippen LogP contribution in [0.4, 0.5) is 4.79 Å². The van der Waals surface area contributed by atoms with E-state index < -0.39 is 17.7 Å². The van der Waals surface area contributed by atoms with Gasteiger partial charge in [0.15, 0.2) is 0 Å². The molecule has 0 aliphatic carbocycles. The quantitative estimate of drug-likeness (QED) is 0.596. The highest BCUT2D eigenvalue weighted by Gasteiger charge is 2.26. The summed E-state index contributed by atoms with van der Waals surface area (Å²) in [5.41, 5.74) is 0.406. The molecule has 0 amide bonds. The zero-order valence-corrected chi connectivity index (χ0v) is 14.4. The van der Waals surface area contributed by atoms with Crippen LogP contribution in [0.5, 0.6) is 0 Å². The van der Waals surface area contributed by atoms with Crippen molar-refractivity contribution in [2.24, 2.45) is 0 Å². The molecular weight excluding hydrogens is 352 g/mol. The summed E-state index contributed by atoms with van der Waals surface area (Å²) >= 11 is 3.27. The van der Waals surface area contributed by atoms with E-state index in [0.29, 0.717) is 15.6 Å². The number of carbonyl (C=O) groups is 2. The Morgan fingerprint density at radius 1 is 1.32 bits per heavy atom. The topological polar surface area (TPSA) is 70.4 Å². The lowest BCUT2D eigenvalue weighted by Crippen LogP contribution is -2.29. The summed E-state index contributed by atoms with van der Waals surface area (Å²) in [4.78, 5) is 28.8. The smallest absolute Gasteiger partial charge is 0.419 e. The highest BCUT2D eigenvalue weighted by atomic mass is 79.9. The molecule has 2 aromatic heterocycles. The van der Waals surface area contributed by atoms with E-state index in [1.54, 1.807) is 39.8 Å². The predicted octanol–water partition coefficient (Wildman–Crippen LogP) is 3.76. The number of pyridine rings is 1. The van der Waals surface area contributed by atoms with Gasteiger partial charge in [-0.1, -0.05) is 0 Å². The van der Waals surface area contributed by atoms with E-state index in [1.165, 1.54) is 10.6 Å². The summed E-state index contributed by atoms with van der Waals surface area (Å²) in [5.74, 6) is -0.595. The maximum atomic E-state index is 12.4. The Morgan fingerprint density at radius 3 is 2.59 bits per heavy atom. The van der Waals surface area contributed by atoms with Gasteiger partial charge in [0.25, 0.3) is 0 Å². The van der Waals surface area contributed by atoms with Crippen LogP contribution in [0.3, 0.4) is 0 Å². The molecule has 118 valence electrons. The predicted molar refractivity (Wildman–Crippen MR) is 85.0 cm³/mol. The number of hydrogen-bond donors (Lipinski definition) is 0. The van der Waals surface area contributed by atoms with Gasteiger partial charge in [-0.25, -0.2) is 19.1 Å². The second-order valence-corrected chi connectivity index (χ2v) is 6.42. The molecular formula is C15H17BrN2O4. The summed E-state index contributed by atoms with van der Waals surface area (Å²) in [6.07, 6.45) is -0.644. The maximum absolute atomic E-state index is 12.4. The lowest BCUT2D eigenvalue weighted by atomic mass is 10.2. The fourth-order valence-corrected chi connectivity index (χ4v) is 2.24. The standard InChI is InChI=1S/C15H17BrN2O4/c1-5-21-13(19)11-8-9-10(6-7-12(16)17-9)18(11)14(20)22-15(2,3)4/h6-8H,5H2,1-4H3. The van der Waals surface area contributed by atoms with Crippen molar-refractivity contribution in [1.29, 1.82) is 0 Å². The van der Waals surface area contributed by atoms with E-state index in [0.717, 1.165) is 0 Å². The molecule has 0 unspecified atom stereocenters. The number of carbonyl (C=O) groups excluding carboxylic acids is 2. The number of fused-ring (bicyclic) bond motifs is 1. The van der Waals surface area contributed by atoms with Crippen LogP contribution in [0.1, 0.15) is 38.2 Å². The second kappa shape index (κ2) is 6.08. The third-order valence-electron chi connectivity index (χ3n) is 2.68. The van der Waals surface area contributed by atoms with Gasteiger partial charge in [-0.2, -0.15) is 0 Å². The molecule has 0 radical (unpaired) electrons. The monoisotopic (exact) mass is 368 g/mol. The first-order valence-corrected chi connectivity index (χ1v) is 7.60. The molecule has 7 heteroatoms. The van der Waals surface area contributed by atoms with Crippen molar-refractivity contribution in [3.05, 3.63) is 28.5 Å². The molecule has 2 aromatic rings. The van der Waals surface area contributed by atoms with Crippen LogP contribution in [-0.2, 0) is 9.47 Å².